The second-order valence-corrected chi connectivity index (χ2v) is 7.34. The van der Waals surface area contributed by atoms with Gasteiger partial charge in [-0.1, -0.05) is 0 Å². The molecule has 3 rings (SSSR count). The molecule has 3 aliphatic rings. The molecule has 0 bridgehead atoms. The lowest BCUT2D eigenvalue weighted by molar-refractivity contribution is -0.347. The zero-order valence-corrected chi connectivity index (χ0v) is 15.2. The van der Waals surface area contributed by atoms with Crippen molar-refractivity contribution in [2.45, 2.75) is 55.4 Å². The van der Waals surface area contributed by atoms with E-state index in [-0.39, 0.29) is 12.0 Å². The number of hydrogen-bond donors (Lipinski definition) is 6. The van der Waals surface area contributed by atoms with E-state index >= 15 is 0 Å². The first-order valence-electron chi connectivity index (χ1n) is 9.00. The highest BCUT2D eigenvalue weighted by molar-refractivity contribution is 5.89. The Bertz CT molecular complexity index is 608. The Balaban J connectivity index is 1.84. The van der Waals surface area contributed by atoms with E-state index in [0.717, 1.165) is 6.26 Å². The zero-order chi connectivity index (χ0) is 20.6. The minimum absolute atomic E-state index is 0.172. The van der Waals surface area contributed by atoms with Crippen LogP contribution in [0.3, 0.4) is 0 Å². The van der Waals surface area contributed by atoms with E-state index in [0.29, 0.717) is 6.42 Å². The molecule has 0 radical (unpaired) electrons. The van der Waals surface area contributed by atoms with Gasteiger partial charge in [-0.15, -0.1) is 0 Å². The van der Waals surface area contributed by atoms with Crippen molar-refractivity contribution in [3.05, 3.63) is 11.8 Å². The van der Waals surface area contributed by atoms with Gasteiger partial charge in [0.05, 0.1) is 43.7 Å². The lowest BCUT2D eigenvalue weighted by atomic mass is 9.80. The first-order valence-corrected chi connectivity index (χ1v) is 9.00. The van der Waals surface area contributed by atoms with Crippen LogP contribution in [0.2, 0.25) is 0 Å². The minimum atomic E-state index is -1.66. The standard InChI is InChI=1S/C17H26O11/c1-25-14(23)8-5-26-15(10-7(8)2-3-17(10,24)6-19)28-16-13(22)12(21)11(20)9(4-18)27-16/h5,7,9-13,15-16,18-22,24H,2-4,6H2,1H3/t7-,9-,10-,11-,12+,13-,15+,16+,17-/m1/s1. The predicted octanol–water partition coefficient (Wildman–Crippen LogP) is -3.03. The van der Waals surface area contributed by atoms with Crippen LogP contribution < -0.4 is 0 Å². The van der Waals surface area contributed by atoms with Crippen molar-refractivity contribution in [1.82, 2.24) is 0 Å². The Morgan fingerprint density at radius 2 is 1.93 bits per heavy atom. The lowest BCUT2D eigenvalue weighted by Gasteiger charge is -2.44. The Labute approximate surface area is 160 Å². The Hall–Kier alpha value is -1.31. The molecule has 160 valence electrons. The monoisotopic (exact) mass is 406 g/mol. The number of esters is 1. The summed E-state index contributed by atoms with van der Waals surface area (Å²) in [6, 6.07) is 0. The summed E-state index contributed by atoms with van der Waals surface area (Å²) in [6.07, 6.45) is -7.07. The van der Waals surface area contributed by atoms with Crippen molar-refractivity contribution in [2.75, 3.05) is 20.3 Å². The van der Waals surface area contributed by atoms with Crippen LogP contribution in [0.15, 0.2) is 11.8 Å². The molecule has 11 heteroatoms. The smallest absolute Gasteiger partial charge is 0.337 e. The first kappa shape index (κ1) is 21.4. The van der Waals surface area contributed by atoms with Gasteiger partial charge in [0.1, 0.15) is 24.4 Å². The van der Waals surface area contributed by atoms with Crippen LogP contribution in [0.25, 0.3) is 0 Å². The Morgan fingerprint density at radius 1 is 1.21 bits per heavy atom. The number of fused-ring (bicyclic) bond motifs is 1. The highest BCUT2D eigenvalue weighted by Crippen LogP contribution is 2.49. The summed E-state index contributed by atoms with van der Waals surface area (Å²) in [5.41, 5.74) is -1.43. The van der Waals surface area contributed by atoms with Crippen molar-refractivity contribution >= 4 is 5.97 Å². The van der Waals surface area contributed by atoms with E-state index in [1.54, 1.807) is 0 Å². The number of methoxy groups -OCH3 is 1. The number of ether oxygens (including phenoxy) is 4. The molecule has 0 aromatic rings. The van der Waals surface area contributed by atoms with Gasteiger partial charge in [0.2, 0.25) is 6.29 Å². The average molecular weight is 406 g/mol. The number of carbonyl (C=O) groups is 1. The van der Waals surface area contributed by atoms with Crippen LogP contribution in [0.4, 0.5) is 0 Å². The van der Waals surface area contributed by atoms with Gasteiger partial charge in [0.25, 0.3) is 0 Å². The number of hydrogen-bond acceptors (Lipinski definition) is 11. The van der Waals surface area contributed by atoms with E-state index in [1.807, 2.05) is 0 Å². The minimum Gasteiger partial charge on any atom is -0.471 e. The van der Waals surface area contributed by atoms with Crippen LogP contribution in [0.5, 0.6) is 0 Å². The number of aliphatic hydroxyl groups is 6. The van der Waals surface area contributed by atoms with Gasteiger partial charge in [-0.3, -0.25) is 0 Å². The van der Waals surface area contributed by atoms with Gasteiger partial charge in [-0.05, 0) is 12.8 Å². The molecule has 0 spiro atoms. The quantitative estimate of drug-likeness (QED) is 0.256. The van der Waals surface area contributed by atoms with E-state index in [1.165, 1.54) is 7.11 Å². The molecule has 2 heterocycles. The molecule has 9 atom stereocenters. The van der Waals surface area contributed by atoms with Crippen molar-refractivity contribution in [2.24, 2.45) is 11.8 Å². The summed E-state index contributed by atoms with van der Waals surface area (Å²) in [7, 11) is 1.21. The van der Waals surface area contributed by atoms with Gasteiger partial charge < -0.3 is 49.6 Å². The maximum atomic E-state index is 12.0. The van der Waals surface area contributed by atoms with E-state index in [9.17, 15) is 35.4 Å². The van der Waals surface area contributed by atoms with Crippen molar-refractivity contribution in [3.63, 3.8) is 0 Å². The molecular formula is C17H26O11. The second kappa shape index (κ2) is 8.20. The average Bonchev–Trinajstić information content (AvgIpc) is 3.06. The first-order chi connectivity index (χ1) is 13.3. The molecule has 0 unspecified atom stereocenters. The summed E-state index contributed by atoms with van der Waals surface area (Å²) in [5.74, 6) is -2.05. The number of carbonyl (C=O) groups excluding carboxylic acids is 1. The van der Waals surface area contributed by atoms with Crippen LogP contribution in [0, 0.1) is 11.8 Å². The molecule has 2 fully saturated rings. The molecule has 0 aromatic carbocycles. The van der Waals surface area contributed by atoms with Crippen molar-refractivity contribution < 1.29 is 54.4 Å². The topological polar surface area (TPSA) is 175 Å². The van der Waals surface area contributed by atoms with E-state index in [2.05, 4.69) is 0 Å². The summed E-state index contributed by atoms with van der Waals surface area (Å²) >= 11 is 0. The fraction of sp³-hybridized carbons (Fsp3) is 0.824. The molecular weight excluding hydrogens is 380 g/mol. The molecule has 1 saturated heterocycles. The fourth-order valence-electron chi connectivity index (χ4n) is 4.16. The maximum absolute atomic E-state index is 12.0. The van der Waals surface area contributed by atoms with Gasteiger partial charge in [-0.25, -0.2) is 4.79 Å². The molecule has 11 nitrogen and oxygen atoms in total. The van der Waals surface area contributed by atoms with Crippen LogP contribution in [-0.2, 0) is 23.7 Å². The number of aliphatic hydroxyl groups excluding tert-OH is 5. The van der Waals surface area contributed by atoms with Crippen molar-refractivity contribution in [1.29, 1.82) is 0 Å². The highest BCUT2D eigenvalue weighted by atomic mass is 16.8. The molecule has 28 heavy (non-hydrogen) atoms. The highest BCUT2D eigenvalue weighted by Gasteiger charge is 2.57. The molecule has 1 saturated carbocycles. The molecule has 1 aliphatic carbocycles. The van der Waals surface area contributed by atoms with Crippen LogP contribution >= 0.6 is 0 Å². The van der Waals surface area contributed by atoms with E-state index < -0.39 is 73.6 Å². The van der Waals surface area contributed by atoms with Gasteiger partial charge >= 0.3 is 5.97 Å². The molecule has 2 aliphatic heterocycles. The summed E-state index contributed by atoms with van der Waals surface area (Å²) in [4.78, 5) is 12.0. The van der Waals surface area contributed by atoms with Crippen LogP contribution in [0.1, 0.15) is 12.8 Å². The lowest BCUT2D eigenvalue weighted by Crippen LogP contribution is -2.61. The predicted molar refractivity (Wildman–Crippen MR) is 88.1 cm³/mol. The van der Waals surface area contributed by atoms with Gasteiger partial charge in [-0.2, -0.15) is 0 Å². The summed E-state index contributed by atoms with van der Waals surface area (Å²) in [6.45, 7) is -1.24. The zero-order valence-electron chi connectivity index (χ0n) is 15.2. The van der Waals surface area contributed by atoms with Gasteiger partial charge in [0.15, 0.2) is 6.29 Å². The maximum Gasteiger partial charge on any atom is 0.337 e. The SMILES string of the molecule is COC(=O)C1=CO[C@@H](O[C@@H]2O[C@H](CO)[C@@H](O)[C@H](O)[C@H]2O)[C@H]2[C@@H]1CC[C@@]2(O)CO. The summed E-state index contributed by atoms with van der Waals surface area (Å²) < 4.78 is 21.1. The third kappa shape index (κ3) is 3.53. The van der Waals surface area contributed by atoms with E-state index in [4.69, 9.17) is 18.9 Å². The molecule has 0 amide bonds. The number of rotatable bonds is 5. The Morgan fingerprint density at radius 3 is 2.54 bits per heavy atom. The summed E-state index contributed by atoms with van der Waals surface area (Å²) in [5, 5.41) is 59.7. The second-order valence-electron chi connectivity index (χ2n) is 7.34. The molecule has 6 N–H and O–H groups in total. The van der Waals surface area contributed by atoms with Gasteiger partial charge in [0, 0.05) is 5.92 Å². The normalized spacial score (nSPS) is 45.8. The third-order valence-electron chi connectivity index (χ3n) is 5.78. The van der Waals surface area contributed by atoms with Crippen LogP contribution in [-0.4, -0.2) is 99.5 Å². The largest absolute Gasteiger partial charge is 0.471 e. The Kier molecular flexibility index (Phi) is 6.27. The third-order valence-corrected chi connectivity index (χ3v) is 5.78. The molecule has 0 aromatic heterocycles. The van der Waals surface area contributed by atoms with Crippen molar-refractivity contribution in [3.8, 4) is 0 Å². The fourth-order valence-corrected chi connectivity index (χ4v) is 4.16.